The molecule has 1 aliphatic heterocycles. The number of hydrogen-bond acceptors (Lipinski definition) is 4. The quantitative estimate of drug-likeness (QED) is 0.185. The van der Waals surface area contributed by atoms with E-state index in [1.54, 1.807) is 0 Å². The summed E-state index contributed by atoms with van der Waals surface area (Å²) in [7, 11) is 0. The van der Waals surface area contributed by atoms with E-state index in [-0.39, 0.29) is 0 Å². The molecule has 1 atom stereocenters. The third kappa shape index (κ3) is 5.26. The summed E-state index contributed by atoms with van der Waals surface area (Å²) >= 11 is 1.82. The highest BCUT2D eigenvalue weighted by molar-refractivity contribution is 7.25. The van der Waals surface area contributed by atoms with E-state index in [2.05, 4.69) is 215 Å². The van der Waals surface area contributed by atoms with Crippen molar-refractivity contribution in [1.82, 2.24) is 14.5 Å². The van der Waals surface area contributed by atoms with Gasteiger partial charge in [0.1, 0.15) is 11.7 Å². The second kappa shape index (κ2) is 13.4. The van der Waals surface area contributed by atoms with E-state index in [0.717, 1.165) is 50.6 Å². The summed E-state index contributed by atoms with van der Waals surface area (Å²) in [6.07, 6.45) is -0.456. The molecule has 61 heavy (non-hydrogen) atoms. The molecule has 0 saturated heterocycles. The van der Waals surface area contributed by atoms with Gasteiger partial charge in [-0.05, 0) is 64.9 Å². The van der Waals surface area contributed by atoms with Crippen molar-refractivity contribution in [2.75, 3.05) is 0 Å². The minimum absolute atomic E-state index is 0.456. The van der Waals surface area contributed by atoms with Crippen LogP contribution in [0.4, 0.5) is 0 Å². The van der Waals surface area contributed by atoms with E-state index in [1.807, 2.05) is 11.3 Å². The maximum atomic E-state index is 5.36. The molecule has 12 aromatic rings. The number of hydrogen-bond donors (Lipinski definition) is 1. The molecule has 1 aliphatic rings. The molecule has 0 aliphatic carbocycles. The van der Waals surface area contributed by atoms with E-state index in [9.17, 15) is 0 Å². The molecule has 3 aromatic heterocycles. The van der Waals surface area contributed by atoms with Gasteiger partial charge in [0, 0.05) is 64.2 Å². The summed E-state index contributed by atoms with van der Waals surface area (Å²) in [6, 6.07) is 72.0. The van der Waals surface area contributed by atoms with Gasteiger partial charge in [-0.15, -0.1) is 11.3 Å². The lowest BCUT2D eigenvalue weighted by Crippen LogP contribution is -2.36. The van der Waals surface area contributed by atoms with Crippen LogP contribution in [0.2, 0.25) is 0 Å². The minimum atomic E-state index is -0.456. The Kier molecular flexibility index (Phi) is 7.47. The molecule has 9 aromatic carbocycles. The van der Waals surface area contributed by atoms with Crippen molar-refractivity contribution in [3.8, 4) is 11.4 Å². The number of aliphatic imine (C=N–C) groups is 2. The Morgan fingerprint density at radius 2 is 0.967 bits per heavy atom. The fourth-order valence-electron chi connectivity index (χ4n) is 9.60. The van der Waals surface area contributed by atoms with Crippen LogP contribution in [0.15, 0.2) is 210 Å². The average molecular weight is 798 g/mol. The summed E-state index contributed by atoms with van der Waals surface area (Å²) in [6.45, 7) is 0. The van der Waals surface area contributed by atoms with E-state index >= 15 is 0 Å². The maximum Gasteiger partial charge on any atom is 0.169 e. The molecular weight excluding hydrogens is 763 g/mol. The van der Waals surface area contributed by atoms with Gasteiger partial charge in [0.15, 0.2) is 6.17 Å². The molecule has 0 saturated carbocycles. The number of benzene rings is 9. The topological polar surface area (TPSA) is 46.6 Å². The van der Waals surface area contributed by atoms with Gasteiger partial charge in [-0.2, -0.15) is 0 Å². The summed E-state index contributed by atoms with van der Waals surface area (Å²) in [4.78, 5) is 10.7. The van der Waals surface area contributed by atoms with Crippen LogP contribution in [-0.2, 0) is 0 Å². The van der Waals surface area contributed by atoms with E-state index in [0.29, 0.717) is 0 Å². The highest BCUT2D eigenvalue weighted by atomic mass is 32.1. The van der Waals surface area contributed by atoms with Crippen LogP contribution < -0.4 is 5.32 Å². The molecular formula is C55H35N5S. The smallest absolute Gasteiger partial charge is 0.169 e. The summed E-state index contributed by atoms with van der Waals surface area (Å²) in [5.41, 5.74) is 10.1. The van der Waals surface area contributed by atoms with Crippen LogP contribution in [-0.4, -0.2) is 20.8 Å². The molecule has 0 amide bonds. The van der Waals surface area contributed by atoms with Crippen molar-refractivity contribution in [2.45, 2.75) is 6.17 Å². The van der Waals surface area contributed by atoms with Crippen molar-refractivity contribution < 1.29 is 0 Å². The minimum Gasteiger partial charge on any atom is -0.324 e. The Bertz CT molecular complexity index is 3790. The van der Waals surface area contributed by atoms with Gasteiger partial charge in [0.2, 0.25) is 0 Å². The second-order valence-corrected chi connectivity index (χ2v) is 16.9. The van der Waals surface area contributed by atoms with Gasteiger partial charge in [-0.3, -0.25) is 0 Å². The van der Waals surface area contributed by atoms with Gasteiger partial charge in [-0.1, -0.05) is 152 Å². The van der Waals surface area contributed by atoms with Crippen molar-refractivity contribution in [3.05, 3.63) is 217 Å². The summed E-state index contributed by atoms with van der Waals surface area (Å²) < 4.78 is 7.40. The predicted molar refractivity (Wildman–Crippen MR) is 257 cm³/mol. The first-order valence-corrected chi connectivity index (χ1v) is 21.5. The molecule has 286 valence electrons. The lowest BCUT2D eigenvalue weighted by atomic mass is 10.0. The highest BCUT2D eigenvalue weighted by Gasteiger charge is 2.24. The Morgan fingerprint density at radius 1 is 0.410 bits per heavy atom. The largest absolute Gasteiger partial charge is 0.324 e. The van der Waals surface area contributed by atoms with Crippen LogP contribution in [0, 0.1) is 0 Å². The van der Waals surface area contributed by atoms with E-state index < -0.39 is 6.17 Å². The van der Waals surface area contributed by atoms with Crippen LogP contribution >= 0.6 is 11.3 Å². The average Bonchev–Trinajstić information content (AvgIpc) is 3.99. The van der Waals surface area contributed by atoms with Gasteiger partial charge in [0.25, 0.3) is 0 Å². The standard InChI is InChI=1S/C55H35N5S/c1-2-15-37(16-3-1)59-47-22-9-6-18-40(47)44-31-32-45-41-19-7-10-23-48(41)60(52(45)51(44)59)38-28-25-35(26-29-38)53-56-54(36-27-30-43-42-20-8-11-24-49(42)61-50(43)33-36)58-55(57-53)46-21-12-14-34-13-4-5-17-39(34)46/h1-33,53H,(H,56,57,58). The number of amidine groups is 2. The third-order valence-corrected chi connectivity index (χ3v) is 13.5. The first kappa shape index (κ1) is 34.1. The number of thiophene rings is 1. The number of aromatic nitrogens is 2. The first-order valence-electron chi connectivity index (χ1n) is 20.7. The Labute approximate surface area is 354 Å². The van der Waals surface area contributed by atoms with Crippen molar-refractivity contribution in [3.63, 3.8) is 0 Å². The molecule has 0 spiro atoms. The SMILES string of the molecule is c1ccc(-n2c3ccccc3c3ccc4c5ccccc5n(-c5ccc(C6N=C(c7ccc8c(c7)sc7ccccc78)NC(c7cccc8ccccc78)=N6)cc5)c4c32)cc1. The Hall–Kier alpha value is -7.80. The van der Waals surface area contributed by atoms with Gasteiger partial charge < -0.3 is 14.5 Å². The number of nitrogens with zero attached hydrogens (tertiary/aromatic N) is 4. The van der Waals surface area contributed by atoms with Crippen LogP contribution in [0.5, 0.6) is 0 Å². The van der Waals surface area contributed by atoms with Crippen molar-refractivity contribution in [1.29, 1.82) is 0 Å². The van der Waals surface area contributed by atoms with Crippen molar-refractivity contribution in [2.24, 2.45) is 9.98 Å². The molecule has 5 nitrogen and oxygen atoms in total. The molecule has 0 radical (unpaired) electrons. The summed E-state index contributed by atoms with van der Waals surface area (Å²) in [5, 5.41) is 13.5. The predicted octanol–water partition coefficient (Wildman–Crippen LogP) is 13.9. The summed E-state index contributed by atoms with van der Waals surface area (Å²) in [5.74, 6) is 1.62. The molecule has 1 unspecified atom stereocenters. The monoisotopic (exact) mass is 797 g/mol. The Balaban J connectivity index is 0.995. The number of nitrogens with one attached hydrogen (secondary N) is 1. The molecule has 6 heteroatoms. The number of rotatable bonds is 5. The lowest BCUT2D eigenvalue weighted by molar-refractivity contribution is 0.756. The molecule has 13 rings (SSSR count). The molecule has 4 heterocycles. The molecule has 0 bridgehead atoms. The lowest BCUT2D eigenvalue weighted by Gasteiger charge is -2.23. The highest BCUT2D eigenvalue weighted by Crippen LogP contribution is 2.42. The van der Waals surface area contributed by atoms with E-state index in [4.69, 9.17) is 9.98 Å². The zero-order valence-electron chi connectivity index (χ0n) is 32.8. The normalized spacial score (nSPS) is 14.4. The van der Waals surface area contributed by atoms with E-state index in [1.165, 1.54) is 63.7 Å². The Morgan fingerprint density at radius 3 is 1.70 bits per heavy atom. The van der Waals surface area contributed by atoms with Crippen LogP contribution in [0.1, 0.15) is 22.9 Å². The maximum absolute atomic E-state index is 5.36. The fraction of sp³-hybridized carbons (Fsp3) is 0.0182. The number of para-hydroxylation sites is 3. The van der Waals surface area contributed by atoms with Gasteiger partial charge in [-0.25, -0.2) is 9.98 Å². The van der Waals surface area contributed by atoms with Crippen molar-refractivity contribution >= 4 is 97.6 Å². The van der Waals surface area contributed by atoms with Crippen LogP contribution in [0.3, 0.4) is 0 Å². The first-order chi connectivity index (χ1) is 30.2. The second-order valence-electron chi connectivity index (χ2n) is 15.8. The third-order valence-electron chi connectivity index (χ3n) is 12.4. The fourth-order valence-corrected chi connectivity index (χ4v) is 10.7. The molecule has 0 fully saturated rings. The zero-order chi connectivity index (χ0) is 40.0. The molecule has 1 N–H and O–H groups in total. The van der Waals surface area contributed by atoms with Gasteiger partial charge in [0.05, 0.1) is 22.1 Å². The van der Waals surface area contributed by atoms with Crippen LogP contribution in [0.25, 0.3) is 85.9 Å². The zero-order valence-corrected chi connectivity index (χ0v) is 33.6. The number of fused-ring (bicyclic) bond motifs is 11. The van der Waals surface area contributed by atoms with Gasteiger partial charge >= 0.3 is 0 Å².